The second-order valence-electron chi connectivity index (χ2n) is 6.25. The van der Waals surface area contributed by atoms with Gasteiger partial charge in [-0.2, -0.15) is 4.31 Å². The molecular formula is C19H22N2O5S. The van der Waals surface area contributed by atoms with Gasteiger partial charge in [-0.25, -0.2) is 18.1 Å². The van der Waals surface area contributed by atoms with E-state index in [1.807, 2.05) is 0 Å². The first-order valence-corrected chi connectivity index (χ1v) is 10.2. The van der Waals surface area contributed by atoms with Crippen LogP contribution in [-0.4, -0.2) is 44.1 Å². The molecule has 8 heteroatoms. The summed E-state index contributed by atoms with van der Waals surface area (Å²) in [6.07, 6.45) is 1.57. The second kappa shape index (κ2) is 7.98. The molecule has 1 amide bonds. The van der Waals surface area contributed by atoms with Crippen molar-refractivity contribution in [2.75, 3.05) is 25.1 Å². The highest BCUT2D eigenvalue weighted by Crippen LogP contribution is 2.34. The van der Waals surface area contributed by atoms with E-state index in [9.17, 15) is 18.3 Å². The summed E-state index contributed by atoms with van der Waals surface area (Å²) in [5.41, 5.74) is 0.698. The molecule has 0 aromatic heterocycles. The first-order chi connectivity index (χ1) is 12.9. The molecule has 1 saturated heterocycles. The Morgan fingerprint density at radius 2 is 1.67 bits per heavy atom. The summed E-state index contributed by atoms with van der Waals surface area (Å²) in [6, 6.07) is 12.6. The molecule has 1 aliphatic heterocycles. The molecule has 2 aromatic carbocycles. The summed E-state index contributed by atoms with van der Waals surface area (Å²) < 4.78 is 32.2. The number of para-hydroxylation sites is 2. The lowest BCUT2D eigenvalue weighted by atomic mass is 10.2. The van der Waals surface area contributed by atoms with Crippen LogP contribution in [0.3, 0.4) is 0 Å². The van der Waals surface area contributed by atoms with Crippen molar-refractivity contribution >= 4 is 27.5 Å². The Bertz CT molecular complexity index is 906. The van der Waals surface area contributed by atoms with Crippen LogP contribution in [-0.2, 0) is 10.0 Å². The molecule has 0 saturated carbocycles. The highest BCUT2D eigenvalue weighted by atomic mass is 32.2. The number of anilines is 2. The Balaban J connectivity index is 1.94. The quantitative estimate of drug-likeness (QED) is 0.841. The van der Waals surface area contributed by atoms with E-state index in [0.717, 1.165) is 24.2 Å². The number of sulfonamides is 1. The Morgan fingerprint density at radius 1 is 1.04 bits per heavy atom. The van der Waals surface area contributed by atoms with Crippen LogP contribution in [0.4, 0.5) is 16.2 Å². The van der Waals surface area contributed by atoms with Gasteiger partial charge < -0.3 is 9.84 Å². The first-order valence-electron chi connectivity index (χ1n) is 8.71. The number of methoxy groups -OCH3 is 1. The van der Waals surface area contributed by atoms with Crippen LogP contribution >= 0.6 is 0 Å². The average molecular weight is 390 g/mol. The summed E-state index contributed by atoms with van der Waals surface area (Å²) in [4.78, 5) is 13.1. The molecule has 0 aliphatic carbocycles. The van der Waals surface area contributed by atoms with Gasteiger partial charge in [0.25, 0.3) is 0 Å². The topological polar surface area (TPSA) is 87.1 Å². The maximum absolute atomic E-state index is 12.7. The smallest absolute Gasteiger partial charge is 0.416 e. The van der Waals surface area contributed by atoms with Crippen LogP contribution in [0.15, 0.2) is 53.4 Å². The fraction of sp³-hybridized carbons (Fsp3) is 0.316. The third-order valence-electron chi connectivity index (χ3n) is 4.57. The van der Waals surface area contributed by atoms with Crippen molar-refractivity contribution in [3.63, 3.8) is 0 Å². The standard InChI is InChI=1S/C19H22N2O5S/c1-26-18-8-4-3-7-17(18)21(19(22)23)15-9-11-16(12-10-15)27(24,25)20-13-5-2-6-14-20/h3-4,7-12H,2,5-6,13-14H2,1H3,(H,22,23). The zero-order chi connectivity index (χ0) is 19.4. The molecule has 0 bridgehead atoms. The molecule has 0 spiro atoms. The van der Waals surface area contributed by atoms with Crippen molar-refractivity contribution in [1.29, 1.82) is 0 Å². The number of hydrogen-bond acceptors (Lipinski definition) is 4. The van der Waals surface area contributed by atoms with Crippen molar-refractivity contribution < 1.29 is 23.1 Å². The van der Waals surface area contributed by atoms with E-state index in [1.54, 1.807) is 24.3 Å². The fourth-order valence-electron chi connectivity index (χ4n) is 3.19. The number of carbonyl (C=O) groups is 1. The van der Waals surface area contributed by atoms with Gasteiger partial charge in [0.1, 0.15) is 5.75 Å². The highest BCUT2D eigenvalue weighted by molar-refractivity contribution is 7.89. The zero-order valence-electron chi connectivity index (χ0n) is 15.0. The van der Waals surface area contributed by atoms with Gasteiger partial charge in [-0.15, -0.1) is 0 Å². The second-order valence-corrected chi connectivity index (χ2v) is 8.19. The predicted molar refractivity (Wildman–Crippen MR) is 102 cm³/mol. The lowest BCUT2D eigenvalue weighted by Gasteiger charge is -2.26. The van der Waals surface area contributed by atoms with Crippen LogP contribution in [0, 0.1) is 0 Å². The van der Waals surface area contributed by atoms with E-state index >= 15 is 0 Å². The SMILES string of the molecule is COc1ccccc1N(C(=O)O)c1ccc(S(=O)(=O)N2CCCCC2)cc1. The van der Waals surface area contributed by atoms with E-state index in [2.05, 4.69) is 0 Å². The Morgan fingerprint density at radius 3 is 2.26 bits per heavy atom. The number of benzene rings is 2. The number of nitrogens with zero attached hydrogens (tertiary/aromatic N) is 2. The molecule has 0 atom stereocenters. The summed E-state index contributed by atoms with van der Waals surface area (Å²) in [5, 5.41) is 9.68. The van der Waals surface area contributed by atoms with Crippen molar-refractivity contribution in [3.05, 3.63) is 48.5 Å². The van der Waals surface area contributed by atoms with Gasteiger partial charge in [0.15, 0.2) is 0 Å². The number of rotatable bonds is 5. The average Bonchev–Trinajstić information content (AvgIpc) is 2.69. The number of carboxylic acid groups (broad SMARTS) is 1. The fourth-order valence-corrected chi connectivity index (χ4v) is 4.71. The van der Waals surface area contributed by atoms with Crippen molar-refractivity contribution in [3.8, 4) is 5.75 Å². The van der Waals surface area contributed by atoms with E-state index in [-0.39, 0.29) is 4.90 Å². The summed E-state index contributed by atoms with van der Waals surface area (Å²) in [6.45, 7) is 1.04. The van der Waals surface area contributed by atoms with Crippen LogP contribution in [0.1, 0.15) is 19.3 Å². The number of piperidine rings is 1. The lowest BCUT2D eigenvalue weighted by Crippen LogP contribution is -2.35. The molecule has 27 heavy (non-hydrogen) atoms. The minimum Gasteiger partial charge on any atom is -0.495 e. The van der Waals surface area contributed by atoms with Gasteiger partial charge >= 0.3 is 6.09 Å². The van der Waals surface area contributed by atoms with E-state index in [4.69, 9.17) is 4.74 Å². The molecule has 1 fully saturated rings. The number of amides is 1. The van der Waals surface area contributed by atoms with E-state index in [1.165, 1.54) is 35.7 Å². The molecule has 2 aromatic rings. The number of hydrogen-bond donors (Lipinski definition) is 1. The zero-order valence-corrected chi connectivity index (χ0v) is 15.9. The molecule has 3 rings (SSSR count). The highest BCUT2D eigenvalue weighted by Gasteiger charge is 2.27. The molecule has 1 N–H and O–H groups in total. The van der Waals surface area contributed by atoms with Crippen LogP contribution in [0.25, 0.3) is 0 Å². The Hall–Kier alpha value is -2.58. The third kappa shape index (κ3) is 3.91. The number of ether oxygens (including phenoxy) is 1. The van der Waals surface area contributed by atoms with Crippen LogP contribution < -0.4 is 9.64 Å². The molecule has 7 nitrogen and oxygen atoms in total. The van der Waals surface area contributed by atoms with Gasteiger partial charge in [-0.05, 0) is 49.2 Å². The summed E-state index contributed by atoms with van der Waals surface area (Å²) in [5.74, 6) is 0.407. The maximum atomic E-state index is 12.7. The van der Waals surface area contributed by atoms with Crippen LogP contribution in [0.2, 0.25) is 0 Å². The third-order valence-corrected chi connectivity index (χ3v) is 6.48. The predicted octanol–water partition coefficient (Wildman–Crippen LogP) is 3.69. The molecule has 144 valence electrons. The molecule has 1 heterocycles. The summed E-state index contributed by atoms with van der Waals surface area (Å²) >= 11 is 0. The van der Waals surface area contributed by atoms with Crippen molar-refractivity contribution in [2.45, 2.75) is 24.2 Å². The summed E-state index contributed by atoms with van der Waals surface area (Å²) in [7, 11) is -2.09. The van der Waals surface area contributed by atoms with Crippen molar-refractivity contribution in [1.82, 2.24) is 4.31 Å². The Kier molecular flexibility index (Phi) is 5.67. The van der Waals surface area contributed by atoms with Gasteiger partial charge in [-0.3, -0.25) is 0 Å². The largest absolute Gasteiger partial charge is 0.495 e. The minimum absolute atomic E-state index is 0.165. The lowest BCUT2D eigenvalue weighted by molar-refractivity contribution is 0.204. The van der Waals surface area contributed by atoms with Gasteiger partial charge in [0.05, 0.1) is 23.4 Å². The van der Waals surface area contributed by atoms with Gasteiger partial charge in [0.2, 0.25) is 10.0 Å². The van der Waals surface area contributed by atoms with E-state index < -0.39 is 16.1 Å². The monoisotopic (exact) mass is 390 g/mol. The molecule has 0 unspecified atom stereocenters. The Labute approximate surface area is 158 Å². The molecule has 1 aliphatic rings. The van der Waals surface area contributed by atoms with Crippen LogP contribution in [0.5, 0.6) is 5.75 Å². The molecular weight excluding hydrogens is 368 g/mol. The first kappa shape index (κ1) is 19.2. The van der Waals surface area contributed by atoms with Crippen molar-refractivity contribution in [2.24, 2.45) is 0 Å². The molecule has 0 radical (unpaired) electrons. The normalized spacial score (nSPS) is 15.3. The minimum atomic E-state index is -3.56. The maximum Gasteiger partial charge on any atom is 0.416 e. The van der Waals surface area contributed by atoms with Gasteiger partial charge in [-0.1, -0.05) is 18.6 Å². The van der Waals surface area contributed by atoms with E-state index in [0.29, 0.717) is 30.2 Å². The van der Waals surface area contributed by atoms with Gasteiger partial charge in [0, 0.05) is 13.1 Å².